The van der Waals surface area contributed by atoms with Gasteiger partial charge in [0.1, 0.15) is 12.1 Å². The standard InChI is InChI=1S/C18H19N5O2/c1-13(16-9-4-5-10-17(16)25-3)22(2)18(24)14-7-6-8-15(11-14)23-12-19-20-21-23/h4-13H,1-3H3. The number of aromatic nitrogens is 4. The minimum atomic E-state index is -0.139. The lowest BCUT2D eigenvalue weighted by molar-refractivity contribution is 0.0741. The molecule has 0 spiro atoms. The summed E-state index contributed by atoms with van der Waals surface area (Å²) < 4.78 is 6.92. The molecule has 128 valence electrons. The fourth-order valence-corrected chi connectivity index (χ4v) is 2.66. The molecule has 1 amide bonds. The third kappa shape index (κ3) is 3.35. The Labute approximate surface area is 145 Å². The third-order valence-corrected chi connectivity index (χ3v) is 4.20. The highest BCUT2D eigenvalue weighted by molar-refractivity contribution is 5.94. The smallest absolute Gasteiger partial charge is 0.254 e. The van der Waals surface area contributed by atoms with Crippen molar-refractivity contribution in [2.24, 2.45) is 0 Å². The summed E-state index contributed by atoms with van der Waals surface area (Å²) in [5.74, 6) is 0.672. The number of ether oxygens (including phenoxy) is 1. The van der Waals surface area contributed by atoms with Crippen LogP contribution >= 0.6 is 0 Å². The Morgan fingerprint density at radius 3 is 2.72 bits per heavy atom. The van der Waals surface area contributed by atoms with Gasteiger partial charge in [0.25, 0.3) is 5.91 Å². The van der Waals surface area contributed by atoms with Crippen LogP contribution in [-0.2, 0) is 0 Å². The Morgan fingerprint density at radius 2 is 2.00 bits per heavy atom. The van der Waals surface area contributed by atoms with Crippen LogP contribution in [0.4, 0.5) is 0 Å². The Morgan fingerprint density at radius 1 is 1.20 bits per heavy atom. The lowest BCUT2D eigenvalue weighted by Crippen LogP contribution is -2.30. The summed E-state index contributed by atoms with van der Waals surface area (Å²) in [6, 6.07) is 14.8. The van der Waals surface area contributed by atoms with E-state index in [1.54, 1.807) is 31.2 Å². The summed E-state index contributed by atoms with van der Waals surface area (Å²) in [7, 11) is 3.41. The molecule has 0 fully saturated rings. The predicted molar refractivity (Wildman–Crippen MR) is 92.7 cm³/mol. The molecule has 1 atom stereocenters. The first-order valence-corrected chi connectivity index (χ1v) is 7.85. The van der Waals surface area contributed by atoms with E-state index in [0.717, 1.165) is 17.0 Å². The number of rotatable bonds is 5. The van der Waals surface area contributed by atoms with E-state index in [0.29, 0.717) is 5.56 Å². The van der Waals surface area contributed by atoms with Gasteiger partial charge in [0.05, 0.1) is 18.8 Å². The van der Waals surface area contributed by atoms with Gasteiger partial charge in [-0.05, 0) is 41.6 Å². The van der Waals surface area contributed by atoms with Crippen molar-refractivity contribution in [3.05, 3.63) is 66.0 Å². The molecule has 1 unspecified atom stereocenters. The average Bonchev–Trinajstić information content (AvgIpc) is 3.21. The lowest BCUT2D eigenvalue weighted by Gasteiger charge is -2.26. The largest absolute Gasteiger partial charge is 0.496 e. The van der Waals surface area contributed by atoms with Crippen LogP contribution < -0.4 is 4.74 Å². The van der Waals surface area contributed by atoms with Gasteiger partial charge in [-0.3, -0.25) is 4.79 Å². The molecular formula is C18H19N5O2. The Balaban J connectivity index is 1.86. The van der Waals surface area contributed by atoms with Gasteiger partial charge in [-0.25, -0.2) is 4.68 Å². The summed E-state index contributed by atoms with van der Waals surface area (Å²) in [6.07, 6.45) is 1.49. The number of nitrogens with zero attached hydrogens (tertiary/aromatic N) is 5. The Hall–Kier alpha value is -3.22. The maximum absolute atomic E-state index is 12.9. The fourth-order valence-electron chi connectivity index (χ4n) is 2.66. The van der Waals surface area contributed by atoms with Crippen molar-refractivity contribution in [2.45, 2.75) is 13.0 Å². The second-order valence-electron chi connectivity index (χ2n) is 5.64. The van der Waals surface area contributed by atoms with Crippen LogP contribution in [-0.4, -0.2) is 45.2 Å². The van der Waals surface area contributed by atoms with E-state index in [1.165, 1.54) is 11.0 Å². The summed E-state index contributed by atoms with van der Waals surface area (Å²) in [5, 5.41) is 11.1. The number of methoxy groups -OCH3 is 1. The molecule has 1 heterocycles. The van der Waals surface area contributed by atoms with E-state index in [4.69, 9.17) is 4.74 Å². The van der Waals surface area contributed by atoms with Gasteiger partial charge < -0.3 is 9.64 Å². The minimum absolute atomic E-state index is 0.0895. The van der Waals surface area contributed by atoms with E-state index in [9.17, 15) is 4.79 Å². The van der Waals surface area contributed by atoms with Crippen molar-refractivity contribution in [3.8, 4) is 11.4 Å². The summed E-state index contributed by atoms with van der Waals surface area (Å²) in [4.78, 5) is 14.6. The number of carbonyl (C=O) groups is 1. The molecule has 3 rings (SSSR count). The maximum atomic E-state index is 12.9. The van der Waals surface area contributed by atoms with Crippen LogP contribution in [0.15, 0.2) is 54.9 Å². The second-order valence-corrected chi connectivity index (χ2v) is 5.64. The van der Waals surface area contributed by atoms with E-state index < -0.39 is 0 Å². The highest BCUT2D eigenvalue weighted by Gasteiger charge is 2.21. The Kier molecular flexibility index (Phi) is 4.74. The normalized spacial score (nSPS) is 11.8. The molecule has 1 aromatic heterocycles. The number of tetrazole rings is 1. The van der Waals surface area contributed by atoms with Gasteiger partial charge >= 0.3 is 0 Å². The van der Waals surface area contributed by atoms with Crippen LogP contribution in [0, 0.1) is 0 Å². The van der Waals surface area contributed by atoms with Gasteiger partial charge in [-0.15, -0.1) is 5.10 Å². The number of carbonyl (C=O) groups excluding carboxylic acids is 1. The molecule has 25 heavy (non-hydrogen) atoms. The third-order valence-electron chi connectivity index (χ3n) is 4.20. The number of hydrogen-bond donors (Lipinski definition) is 0. The molecule has 0 saturated heterocycles. The van der Waals surface area contributed by atoms with Crippen molar-refractivity contribution in [3.63, 3.8) is 0 Å². The first-order chi connectivity index (χ1) is 12.1. The van der Waals surface area contributed by atoms with E-state index in [1.807, 2.05) is 43.3 Å². The quantitative estimate of drug-likeness (QED) is 0.715. The van der Waals surface area contributed by atoms with Crippen molar-refractivity contribution >= 4 is 5.91 Å². The number of benzene rings is 2. The molecule has 0 aliphatic carbocycles. The van der Waals surface area contributed by atoms with Gasteiger partial charge in [0.15, 0.2) is 0 Å². The molecule has 7 heteroatoms. The lowest BCUT2D eigenvalue weighted by atomic mass is 10.0. The van der Waals surface area contributed by atoms with Crippen LogP contribution in [0.2, 0.25) is 0 Å². The number of para-hydroxylation sites is 1. The molecule has 0 N–H and O–H groups in total. The van der Waals surface area contributed by atoms with E-state index in [2.05, 4.69) is 15.5 Å². The number of hydrogen-bond acceptors (Lipinski definition) is 5. The van der Waals surface area contributed by atoms with Gasteiger partial charge in [-0.2, -0.15) is 0 Å². The van der Waals surface area contributed by atoms with Crippen molar-refractivity contribution in [2.75, 3.05) is 14.2 Å². The molecule has 3 aromatic rings. The Bertz CT molecular complexity index is 863. The van der Waals surface area contributed by atoms with Crippen molar-refractivity contribution in [1.82, 2.24) is 25.1 Å². The molecule has 0 aliphatic rings. The molecule has 0 radical (unpaired) electrons. The van der Waals surface area contributed by atoms with Gasteiger partial charge in [0, 0.05) is 18.2 Å². The minimum Gasteiger partial charge on any atom is -0.496 e. The topological polar surface area (TPSA) is 73.1 Å². The zero-order chi connectivity index (χ0) is 17.8. The van der Waals surface area contributed by atoms with Crippen LogP contribution in [0.5, 0.6) is 5.75 Å². The van der Waals surface area contributed by atoms with Crippen LogP contribution in [0.1, 0.15) is 28.9 Å². The summed E-state index contributed by atoms with van der Waals surface area (Å²) >= 11 is 0. The summed E-state index contributed by atoms with van der Waals surface area (Å²) in [6.45, 7) is 1.97. The van der Waals surface area contributed by atoms with Crippen molar-refractivity contribution in [1.29, 1.82) is 0 Å². The molecule has 0 saturated carbocycles. The fraction of sp³-hybridized carbons (Fsp3) is 0.222. The van der Waals surface area contributed by atoms with Gasteiger partial charge in [-0.1, -0.05) is 24.3 Å². The van der Waals surface area contributed by atoms with E-state index >= 15 is 0 Å². The zero-order valence-corrected chi connectivity index (χ0v) is 14.3. The highest BCUT2D eigenvalue weighted by Crippen LogP contribution is 2.29. The summed E-state index contributed by atoms with van der Waals surface area (Å²) in [5.41, 5.74) is 2.25. The number of amides is 1. The SMILES string of the molecule is COc1ccccc1C(C)N(C)C(=O)c1cccc(-n2cnnn2)c1. The molecule has 2 aromatic carbocycles. The zero-order valence-electron chi connectivity index (χ0n) is 14.3. The molecule has 0 aliphatic heterocycles. The first kappa shape index (κ1) is 16.6. The monoisotopic (exact) mass is 337 g/mol. The average molecular weight is 337 g/mol. The molecule has 0 bridgehead atoms. The first-order valence-electron chi connectivity index (χ1n) is 7.85. The van der Waals surface area contributed by atoms with Crippen LogP contribution in [0.3, 0.4) is 0 Å². The van der Waals surface area contributed by atoms with E-state index in [-0.39, 0.29) is 11.9 Å². The highest BCUT2D eigenvalue weighted by atomic mass is 16.5. The second kappa shape index (κ2) is 7.12. The van der Waals surface area contributed by atoms with Crippen molar-refractivity contribution < 1.29 is 9.53 Å². The molecule has 7 nitrogen and oxygen atoms in total. The molecular weight excluding hydrogens is 318 g/mol. The predicted octanol–water partition coefficient (Wildman–Crippen LogP) is 2.50. The van der Waals surface area contributed by atoms with Crippen LogP contribution in [0.25, 0.3) is 5.69 Å². The maximum Gasteiger partial charge on any atom is 0.254 e. The van der Waals surface area contributed by atoms with Gasteiger partial charge in [0.2, 0.25) is 0 Å².